The molecular weight excluding hydrogens is 272 g/mol. The second-order valence-electron chi connectivity index (χ2n) is 4.19. The standard InChI is InChI=1S/C13H14ClF2N3/c1-9(10-3-2-4-11(14)7-10)18-8-12-17-5-6-19(12)13(15)16/h2-7,9,13,18H,8H2,1H3/t9-/m1/s1. The molecule has 0 spiro atoms. The first-order valence-electron chi connectivity index (χ1n) is 5.86. The molecule has 3 nitrogen and oxygen atoms in total. The quantitative estimate of drug-likeness (QED) is 0.906. The molecule has 0 aliphatic heterocycles. The van der Waals surface area contributed by atoms with Crippen molar-refractivity contribution in [2.75, 3.05) is 0 Å². The maximum Gasteiger partial charge on any atom is 0.319 e. The van der Waals surface area contributed by atoms with Crippen LogP contribution in [0.1, 0.15) is 30.9 Å². The van der Waals surface area contributed by atoms with Gasteiger partial charge in [-0.25, -0.2) is 4.98 Å². The van der Waals surface area contributed by atoms with Crippen LogP contribution >= 0.6 is 11.6 Å². The second kappa shape index (κ2) is 6.12. The molecule has 0 fully saturated rings. The Hall–Kier alpha value is -1.46. The molecule has 2 aromatic rings. The van der Waals surface area contributed by atoms with Crippen LogP contribution in [0.15, 0.2) is 36.7 Å². The number of hydrogen-bond acceptors (Lipinski definition) is 2. The summed E-state index contributed by atoms with van der Waals surface area (Å²) < 4.78 is 26.1. The summed E-state index contributed by atoms with van der Waals surface area (Å²) >= 11 is 5.91. The fourth-order valence-corrected chi connectivity index (χ4v) is 2.00. The fourth-order valence-electron chi connectivity index (χ4n) is 1.80. The van der Waals surface area contributed by atoms with E-state index in [-0.39, 0.29) is 12.6 Å². The van der Waals surface area contributed by atoms with E-state index in [4.69, 9.17) is 11.6 Å². The molecule has 0 radical (unpaired) electrons. The van der Waals surface area contributed by atoms with Gasteiger partial charge in [-0.1, -0.05) is 23.7 Å². The molecule has 1 heterocycles. The van der Waals surface area contributed by atoms with Gasteiger partial charge in [0.2, 0.25) is 0 Å². The molecule has 0 saturated carbocycles. The highest BCUT2D eigenvalue weighted by Gasteiger charge is 2.12. The largest absolute Gasteiger partial charge is 0.319 e. The van der Waals surface area contributed by atoms with Crippen molar-refractivity contribution >= 4 is 11.6 Å². The lowest BCUT2D eigenvalue weighted by Gasteiger charge is -2.15. The van der Waals surface area contributed by atoms with Crippen molar-refractivity contribution in [3.63, 3.8) is 0 Å². The lowest BCUT2D eigenvalue weighted by atomic mass is 10.1. The van der Waals surface area contributed by atoms with E-state index in [2.05, 4.69) is 10.3 Å². The monoisotopic (exact) mass is 285 g/mol. The van der Waals surface area contributed by atoms with E-state index in [0.29, 0.717) is 10.8 Å². The van der Waals surface area contributed by atoms with E-state index >= 15 is 0 Å². The topological polar surface area (TPSA) is 29.9 Å². The number of halogens is 3. The summed E-state index contributed by atoms with van der Waals surface area (Å²) in [4.78, 5) is 3.92. The van der Waals surface area contributed by atoms with Crippen molar-refractivity contribution in [1.82, 2.24) is 14.9 Å². The third-order valence-electron chi connectivity index (χ3n) is 2.87. The summed E-state index contributed by atoms with van der Waals surface area (Å²) in [7, 11) is 0. The lowest BCUT2D eigenvalue weighted by Crippen LogP contribution is -2.20. The van der Waals surface area contributed by atoms with Crippen LogP contribution < -0.4 is 5.32 Å². The Labute approximate surface area is 115 Å². The van der Waals surface area contributed by atoms with Crippen molar-refractivity contribution in [1.29, 1.82) is 0 Å². The molecule has 0 aliphatic carbocycles. The SMILES string of the molecule is C[C@@H](NCc1nccn1C(F)F)c1cccc(Cl)c1. The van der Waals surface area contributed by atoms with E-state index in [9.17, 15) is 8.78 Å². The average molecular weight is 286 g/mol. The Kier molecular flexibility index (Phi) is 4.50. The minimum absolute atomic E-state index is 0.00141. The summed E-state index contributed by atoms with van der Waals surface area (Å²) in [6, 6.07) is 7.43. The molecule has 2 rings (SSSR count). The highest BCUT2D eigenvalue weighted by Crippen LogP contribution is 2.18. The lowest BCUT2D eigenvalue weighted by molar-refractivity contribution is 0.0665. The summed E-state index contributed by atoms with van der Waals surface area (Å²) in [6.07, 6.45) is 2.64. The van der Waals surface area contributed by atoms with Crippen LogP contribution in [0.3, 0.4) is 0 Å². The highest BCUT2D eigenvalue weighted by molar-refractivity contribution is 6.30. The number of benzene rings is 1. The van der Waals surface area contributed by atoms with Gasteiger partial charge in [0.05, 0.1) is 6.54 Å². The van der Waals surface area contributed by atoms with Gasteiger partial charge in [0.15, 0.2) is 0 Å². The van der Waals surface area contributed by atoms with Crippen LogP contribution in [0.4, 0.5) is 8.78 Å². The molecule has 19 heavy (non-hydrogen) atoms. The predicted octanol–water partition coefficient (Wildman–Crippen LogP) is 3.78. The summed E-state index contributed by atoms with van der Waals surface area (Å²) in [5, 5.41) is 3.80. The van der Waals surface area contributed by atoms with Crippen molar-refractivity contribution in [3.05, 3.63) is 53.1 Å². The summed E-state index contributed by atoms with van der Waals surface area (Å²) in [5.41, 5.74) is 1.00. The zero-order valence-corrected chi connectivity index (χ0v) is 11.1. The van der Waals surface area contributed by atoms with Gasteiger partial charge in [-0.05, 0) is 24.6 Å². The fraction of sp³-hybridized carbons (Fsp3) is 0.308. The Morgan fingerprint density at radius 1 is 1.42 bits per heavy atom. The van der Waals surface area contributed by atoms with Gasteiger partial charge in [0, 0.05) is 23.5 Å². The van der Waals surface area contributed by atoms with E-state index in [0.717, 1.165) is 10.1 Å². The number of hydrogen-bond donors (Lipinski definition) is 1. The van der Waals surface area contributed by atoms with E-state index in [1.165, 1.54) is 12.4 Å². The molecule has 6 heteroatoms. The first kappa shape index (κ1) is 14.0. The van der Waals surface area contributed by atoms with Gasteiger partial charge in [-0.3, -0.25) is 4.57 Å². The number of nitrogens with one attached hydrogen (secondary N) is 1. The predicted molar refractivity (Wildman–Crippen MR) is 70.2 cm³/mol. The number of aromatic nitrogens is 2. The summed E-state index contributed by atoms with van der Waals surface area (Å²) in [5.74, 6) is 0.309. The van der Waals surface area contributed by atoms with Crippen LogP contribution in [0, 0.1) is 0 Å². The normalized spacial score (nSPS) is 12.9. The molecule has 0 saturated heterocycles. The van der Waals surface area contributed by atoms with Gasteiger partial charge in [0.25, 0.3) is 0 Å². The van der Waals surface area contributed by atoms with E-state index in [1.54, 1.807) is 6.07 Å². The van der Waals surface area contributed by atoms with E-state index in [1.807, 2.05) is 25.1 Å². The minimum atomic E-state index is -2.57. The Morgan fingerprint density at radius 3 is 2.89 bits per heavy atom. The Bertz CT molecular complexity index is 542. The zero-order chi connectivity index (χ0) is 13.8. The van der Waals surface area contributed by atoms with Crippen LogP contribution in [0.25, 0.3) is 0 Å². The minimum Gasteiger partial charge on any atom is -0.303 e. The molecule has 1 aromatic heterocycles. The Morgan fingerprint density at radius 2 is 2.21 bits per heavy atom. The van der Waals surface area contributed by atoms with Crippen LogP contribution in [-0.2, 0) is 6.54 Å². The Balaban J connectivity index is 2.00. The van der Waals surface area contributed by atoms with Crippen molar-refractivity contribution < 1.29 is 8.78 Å². The third kappa shape index (κ3) is 3.52. The zero-order valence-electron chi connectivity index (χ0n) is 10.4. The van der Waals surface area contributed by atoms with Crippen molar-refractivity contribution in [2.24, 2.45) is 0 Å². The van der Waals surface area contributed by atoms with Gasteiger partial charge in [-0.2, -0.15) is 8.78 Å². The maximum atomic E-state index is 12.6. The highest BCUT2D eigenvalue weighted by atomic mass is 35.5. The van der Waals surface area contributed by atoms with Crippen LogP contribution in [0.2, 0.25) is 5.02 Å². The summed E-state index contributed by atoms with van der Waals surface area (Å²) in [6.45, 7) is -0.354. The maximum absolute atomic E-state index is 12.6. The average Bonchev–Trinajstić information content (AvgIpc) is 2.84. The van der Waals surface area contributed by atoms with Gasteiger partial charge in [-0.15, -0.1) is 0 Å². The molecule has 102 valence electrons. The van der Waals surface area contributed by atoms with Crippen molar-refractivity contribution in [3.8, 4) is 0 Å². The smallest absolute Gasteiger partial charge is 0.303 e. The first-order chi connectivity index (χ1) is 9.08. The molecule has 1 N–H and O–H groups in total. The number of nitrogens with zero attached hydrogens (tertiary/aromatic N) is 2. The van der Waals surface area contributed by atoms with Gasteiger partial charge < -0.3 is 5.32 Å². The second-order valence-corrected chi connectivity index (χ2v) is 4.62. The molecular formula is C13H14ClF2N3. The molecule has 1 aromatic carbocycles. The van der Waals surface area contributed by atoms with Crippen molar-refractivity contribution in [2.45, 2.75) is 26.1 Å². The molecule has 0 unspecified atom stereocenters. The molecule has 0 amide bonds. The number of imidazole rings is 1. The van der Waals surface area contributed by atoms with Gasteiger partial charge in [0.1, 0.15) is 5.82 Å². The molecule has 0 aliphatic rings. The molecule has 1 atom stereocenters. The van der Waals surface area contributed by atoms with E-state index < -0.39 is 6.55 Å². The first-order valence-corrected chi connectivity index (χ1v) is 6.24. The third-order valence-corrected chi connectivity index (χ3v) is 3.11. The number of alkyl halides is 2. The van der Waals surface area contributed by atoms with Gasteiger partial charge >= 0.3 is 6.55 Å². The van der Waals surface area contributed by atoms with Crippen LogP contribution in [-0.4, -0.2) is 9.55 Å². The number of rotatable bonds is 5. The molecule has 0 bridgehead atoms. The van der Waals surface area contributed by atoms with Crippen LogP contribution in [0.5, 0.6) is 0 Å².